The number of ether oxygens (including phenoxy) is 2. The first-order valence-corrected chi connectivity index (χ1v) is 15.3. The molecule has 8 heteroatoms. The summed E-state index contributed by atoms with van der Waals surface area (Å²) in [5.74, 6) is 2.57. The van der Waals surface area contributed by atoms with Gasteiger partial charge >= 0.3 is 0 Å². The highest BCUT2D eigenvalue weighted by atomic mass is 16.7. The molecule has 0 radical (unpaired) electrons. The summed E-state index contributed by atoms with van der Waals surface area (Å²) in [6.07, 6.45) is 7.66. The molecular weight excluding hydrogens is 516 g/mol. The molecule has 8 nitrogen and oxygen atoms in total. The predicted octanol–water partition coefficient (Wildman–Crippen LogP) is 4.96. The summed E-state index contributed by atoms with van der Waals surface area (Å²) in [7, 11) is 0. The minimum Gasteiger partial charge on any atom is -0.454 e. The van der Waals surface area contributed by atoms with Crippen LogP contribution < -0.4 is 9.47 Å². The molecule has 0 spiro atoms. The molecule has 3 aromatic rings. The number of fused-ring (bicyclic) bond motifs is 4. The number of benzene rings is 2. The van der Waals surface area contributed by atoms with Crippen LogP contribution in [-0.2, 0) is 10.2 Å². The van der Waals surface area contributed by atoms with Crippen molar-refractivity contribution in [1.82, 2.24) is 19.4 Å². The van der Waals surface area contributed by atoms with Crippen molar-refractivity contribution in [3.8, 4) is 11.5 Å². The third kappa shape index (κ3) is 4.69. The second-order valence-corrected chi connectivity index (χ2v) is 13.2. The number of imidazole rings is 1. The average Bonchev–Trinajstić information content (AvgIpc) is 3.63. The van der Waals surface area contributed by atoms with Crippen LogP contribution >= 0.6 is 0 Å². The van der Waals surface area contributed by atoms with Crippen LogP contribution in [0.5, 0.6) is 11.5 Å². The first-order valence-electron chi connectivity index (χ1n) is 15.3. The Bertz CT molecular complexity index is 1440. The first kappa shape index (κ1) is 26.8. The van der Waals surface area contributed by atoms with Crippen LogP contribution in [0.25, 0.3) is 11.0 Å². The summed E-state index contributed by atoms with van der Waals surface area (Å²) in [6, 6.07) is 16.6. The van der Waals surface area contributed by atoms with Crippen LogP contribution in [0.4, 0.5) is 0 Å². The molecule has 218 valence electrons. The highest BCUT2D eigenvalue weighted by Gasteiger charge is 2.45. The molecule has 4 aliphatic heterocycles. The van der Waals surface area contributed by atoms with Gasteiger partial charge in [-0.25, -0.2) is 4.98 Å². The Morgan fingerprint density at radius 2 is 1.73 bits per heavy atom. The lowest BCUT2D eigenvalue weighted by molar-refractivity contribution is -0.149. The third-order valence-electron chi connectivity index (χ3n) is 10.4. The molecule has 2 bridgehead atoms. The van der Waals surface area contributed by atoms with Gasteiger partial charge in [0.25, 0.3) is 5.91 Å². The van der Waals surface area contributed by atoms with E-state index in [1.54, 1.807) is 13.8 Å². The lowest BCUT2D eigenvalue weighted by Crippen LogP contribution is -2.52. The van der Waals surface area contributed by atoms with E-state index in [0.717, 1.165) is 48.6 Å². The predicted molar refractivity (Wildman–Crippen MR) is 157 cm³/mol. The Labute approximate surface area is 242 Å². The number of aromatic nitrogens is 2. The minimum atomic E-state index is -1.35. The summed E-state index contributed by atoms with van der Waals surface area (Å²) in [4.78, 5) is 22.4. The van der Waals surface area contributed by atoms with Crippen molar-refractivity contribution in [3.05, 3.63) is 53.9 Å². The first-order chi connectivity index (χ1) is 19.7. The van der Waals surface area contributed by atoms with E-state index in [0.29, 0.717) is 31.2 Å². The van der Waals surface area contributed by atoms with Gasteiger partial charge in [0.1, 0.15) is 11.4 Å². The Hall–Kier alpha value is -3.10. The summed E-state index contributed by atoms with van der Waals surface area (Å²) < 4.78 is 13.9. The van der Waals surface area contributed by atoms with E-state index >= 15 is 0 Å². The van der Waals surface area contributed by atoms with E-state index in [1.165, 1.54) is 36.8 Å². The Morgan fingerprint density at radius 1 is 1.02 bits per heavy atom. The fourth-order valence-electron chi connectivity index (χ4n) is 8.22. The molecular formula is C33H42N4O4. The van der Waals surface area contributed by atoms with Crippen LogP contribution in [0.3, 0.4) is 0 Å². The number of carbonyl (C=O) groups excluding carboxylic acids is 1. The van der Waals surface area contributed by atoms with E-state index in [-0.39, 0.29) is 18.1 Å². The smallest absolute Gasteiger partial charge is 0.253 e. The number of carbonyl (C=O) groups is 1. The second kappa shape index (κ2) is 10.0. The molecule has 7 rings (SSSR count). The molecule has 41 heavy (non-hydrogen) atoms. The van der Waals surface area contributed by atoms with Gasteiger partial charge in [0, 0.05) is 36.6 Å². The zero-order chi connectivity index (χ0) is 28.4. The van der Waals surface area contributed by atoms with Gasteiger partial charge in [0.05, 0.1) is 11.0 Å². The Balaban J connectivity index is 1.10. The highest BCUT2D eigenvalue weighted by Crippen LogP contribution is 2.46. The van der Waals surface area contributed by atoms with Crippen LogP contribution in [-0.4, -0.2) is 74.5 Å². The van der Waals surface area contributed by atoms with E-state index < -0.39 is 5.60 Å². The van der Waals surface area contributed by atoms with Gasteiger partial charge in [-0.2, -0.15) is 0 Å². The molecule has 0 unspecified atom stereocenters. The number of amides is 1. The van der Waals surface area contributed by atoms with E-state index in [2.05, 4.69) is 52.8 Å². The van der Waals surface area contributed by atoms with Crippen LogP contribution in [0, 0.1) is 6.92 Å². The second-order valence-electron chi connectivity index (χ2n) is 13.2. The number of piperidine rings is 2. The van der Waals surface area contributed by atoms with Gasteiger partial charge in [0.15, 0.2) is 11.5 Å². The molecule has 0 aliphatic carbocycles. The number of nitrogens with zero attached hydrogens (tertiary/aromatic N) is 4. The van der Waals surface area contributed by atoms with Gasteiger partial charge in [-0.15, -0.1) is 0 Å². The van der Waals surface area contributed by atoms with Gasteiger partial charge in [-0.05, 0) is 102 Å². The number of aryl methyl sites for hydroxylation is 1. The molecule has 4 aliphatic rings. The van der Waals surface area contributed by atoms with Crippen molar-refractivity contribution in [2.75, 3.05) is 26.4 Å². The van der Waals surface area contributed by atoms with Crippen molar-refractivity contribution >= 4 is 16.9 Å². The van der Waals surface area contributed by atoms with Gasteiger partial charge in [-0.1, -0.05) is 18.2 Å². The lowest BCUT2D eigenvalue weighted by Gasteiger charge is -2.46. The van der Waals surface area contributed by atoms with Crippen molar-refractivity contribution in [2.45, 2.75) is 94.9 Å². The number of para-hydroxylation sites is 2. The van der Waals surface area contributed by atoms with Crippen LogP contribution in [0.1, 0.15) is 76.2 Å². The fraction of sp³-hybridized carbons (Fsp3) is 0.576. The molecule has 2 aromatic carbocycles. The molecule has 1 aromatic heterocycles. The highest BCUT2D eigenvalue weighted by molar-refractivity contribution is 5.84. The molecule has 1 N–H and O–H groups in total. The Kier molecular flexibility index (Phi) is 6.54. The zero-order valence-electron chi connectivity index (χ0n) is 24.5. The standard InChI is InChI=1S/C33H42N4O4/c1-22-34-27-6-4-5-7-28(27)37(22)26-19-24-9-10-25(20-26)36(24)17-14-33(23-8-11-29-30(18-23)41-21-40-29)12-15-35(16-13-33)31(38)32(2,3)39/h4-8,11,18,24-26,39H,9-10,12-17,19-21H2,1-3H3/t24-,25+,26+. The maximum absolute atomic E-state index is 12.9. The van der Waals surface area contributed by atoms with Gasteiger partial charge in [-0.3, -0.25) is 9.69 Å². The molecule has 0 saturated carbocycles. The van der Waals surface area contributed by atoms with Crippen molar-refractivity contribution in [3.63, 3.8) is 0 Å². The fourth-order valence-corrected chi connectivity index (χ4v) is 8.22. The minimum absolute atomic E-state index is 0.0508. The molecule has 3 saturated heterocycles. The number of aliphatic hydroxyl groups is 1. The van der Waals surface area contributed by atoms with E-state index in [1.807, 2.05) is 11.0 Å². The number of rotatable bonds is 6. The van der Waals surface area contributed by atoms with Crippen LogP contribution in [0.2, 0.25) is 0 Å². The average molecular weight is 559 g/mol. The number of hydrogen-bond acceptors (Lipinski definition) is 6. The number of likely N-dealkylation sites (tertiary alicyclic amines) is 1. The maximum atomic E-state index is 12.9. The van der Waals surface area contributed by atoms with E-state index in [4.69, 9.17) is 14.5 Å². The van der Waals surface area contributed by atoms with Crippen molar-refractivity contribution in [2.24, 2.45) is 0 Å². The summed E-state index contributed by atoms with van der Waals surface area (Å²) in [6.45, 7) is 7.95. The van der Waals surface area contributed by atoms with Crippen molar-refractivity contribution < 1.29 is 19.4 Å². The maximum Gasteiger partial charge on any atom is 0.253 e. The SMILES string of the molecule is Cc1nc2ccccc2n1[C@H]1C[C@H]2CC[C@@H](C1)N2CCC1(c2ccc3c(c2)OCO3)CCN(C(=O)C(C)(C)O)CC1. The van der Waals surface area contributed by atoms with Crippen molar-refractivity contribution in [1.29, 1.82) is 0 Å². The Morgan fingerprint density at radius 3 is 2.46 bits per heavy atom. The summed E-state index contributed by atoms with van der Waals surface area (Å²) in [5, 5.41) is 10.4. The molecule has 3 atom stereocenters. The topological polar surface area (TPSA) is 80.1 Å². The van der Waals surface area contributed by atoms with Gasteiger partial charge < -0.3 is 24.0 Å². The zero-order valence-corrected chi connectivity index (χ0v) is 24.5. The third-order valence-corrected chi connectivity index (χ3v) is 10.4. The summed E-state index contributed by atoms with van der Waals surface area (Å²) >= 11 is 0. The number of hydrogen-bond donors (Lipinski definition) is 1. The normalized spacial score (nSPS) is 25.7. The van der Waals surface area contributed by atoms with E-state index in [9.17, 15) is 9.90 Å². The monoisotopic (exact) mass is 558 g/mol. The lowest BCUT2D eigenvalue weighted by atomic mass is 9.70. The molecule has 3 fully saturated rings. The summed E-state index contributed by atoms with van der Waals surface area (Å²) in [5.41, 5.74) is 2.24. The molecule has 1 amide bonds. The largest absolute Gasteiger partial charge is 0.454 e. The quantitative estimate of drug-likeness (QED) is 0.461. The van der Waals surface area contributed by atoms with Crippen LogP contribution in [0.15, 0.2) is 42.5 Å². The van der Waals surface area contributed by atoms with Gasteiger partial charge in [0.2, 0.25) is 6.79 Å². The molecule has 5 heterocycles.